The average molecular weight is 248 g/mol. The molecule has 0 aromatic heterocycles. The van der Waals surface area contributed by atoms with Crippen LogP contribution in [0.4, 0.5) is 0 Å². The summed E-state index contributed by atoms with van der Waals surface area (Å²) in [6.45, 7) is 6.74. The summed E-state index contributed by atoms with van der Waals surface area (Å²) in [5.74, 6) is 0. The zero-order chi connectivity index (χ0) is 13.5. The molecule has 0 nitrogen and oxygen atoms in total. The van der Waals surface area contributed by atoms with Gasteiger partial charge in [-0.15, -0.1) is 0 Å². The summed E-state index contributed by atoms with van der Waals surface area (Å²) in [6, 6.07) is 0. The Kier molecular flexibility index (Phi) is 13.7. The Morgan fingerprint density at radius 3 is 1.83 bits per heavy atom. The van der Waals surface area contributed by atoms with E-state index in [0.717, 1.165) is 0 Å². The van der Waals surface area contributed by atoms with Crippen LogP contribution in [0.3, 0.4) is 0 Å². The highest BCUT2D eigenvalue weighted by atomic mass is 13.9. The molecule has 0 aliphatic heterocycles. The van der Waals surface area contributed by atoms with E-state index in [0.29, 0.717) is 0 Å². The summed E-state index contributed by atoms with van der Waals surface area (Å²) in [5.41, 5.74) is 1.39. The summed E-state index contributed by atoms with van der Waals surface area (Å²) in [4.78, 5) is 0. The fourth-order valence-electron chi connectivity index (χ4n) is 1.78. The van der Waals surface area contributed by atoms with E-state index in [1.807, 2.05) is 0 Å². The van der Waals surface area contributed by atoms with Gasteiger partial charge in [-0.05, 0) is 31.3 Å². The highest BCUT2D eigenvalue weighted by molar-refractivity contribution is 5.30. The van der Waals surface area contributed by atoms with E-state index >= 15 is 0 Å². The molecule has 0 radical (unpaired) electrons. The number of hydrogen-bond donors (Lipinski definition) is 0. The number of rotatable bonds is 11. The fraction of sp³-hybridized carbons (Fsp3) is 0.667. The maximum atomic E-state index is 2.36. The van der Waals surface area contributed by atoms with Crippen LogP contribution in [0.15, 0.2) is 36.0 Å². The molecule has 0 aliphatic rings. The minimum absolute atomic E-state index is 1.19. The number of hydrogen-bond acceptors (Lipinski definition) is 0. The summed E-state index contributed by atoms with van der Waals surface area (Å²) >= 11 is 0. The van der Waals surface area contributed by atoms with Gasteiger partial charge in [0.05, 0.1) is 0 Å². The monoisotopic (exact) mass is 248 g/mol. The first-order valence-corrected chi connectivity index (χ1v) is 7.88. The van der Waals surface area contributed by atoms with Crippen LogP contribution in [0.25, 0.3) is 0 Å². The van der Waals surface area contributed by atoms with Crippen molar-refractivity contribution < 1.29 is 0 Å². The van der Waals surface area contributed by atoms with Crippen molar-refractivity contribution in [3.8, 4) is 0 Å². The summed E-state index contributed by atoms with van der Waals surface area (Å²) < 4.78 is 0. The van der Waals surface area contributed by atoms with E-state index in [4.69, 9.17) is 0 Å². The van der Waals surface area contributed by atoms with Crippen LogP contribution < -0.4 is 0 Å². The first-order chi connectivity index (χ1) is 8.85. The van der Waals surface area contributed by atoms with Crippen molar-refractivity contribution in [3.05, 3.63) is 36.0 Å². The molecule has 18 heavy (non-hydrogen) atoms. The third-order valence-corrected chi connectivity index (χ3v) is 2.99. The van der Waals surface area contributed by atoms with Gasteiger partial charge in [0, 0.05) is 0 Å². The molecule has 0 spiro atoms. The van der Waals surface area contributed by atoms with Gasteiger partial charge >= 0.3 is 0 Å². The van der Waals surface area contributed by atoms with Crippen LogP contribution in [0.1, 0.15) is 78.6 Å². The molecule has 0 unspecified atom stereocenters. The topological polar surface area (TPSA) is 0 Å². The maximum Gasteiger partial charge on any atom is -0.0303 e. The lowest BCUT2D eigenvalue weighted by atomic mass is 10.1. The lowest BCUT2D eigenvalue weighted by Gasteiger charge is -1.96. The van der Waals surface area contributed by atoms with Crippen LogP contribution in [0.5, 0.6) is 0 Å². The highest BCUT2D eigenvalue weighted by Crippen LogP contribution is 2.08. The van der Waals surface area contributed by atoms with Gasteiger partial charge in [0.1, 0.15) is 0 Å². The Labute approximate surface area is 115 Å². The predicted octanol–water partition coefficient (Wildman–Crippen LogP) is 6.60. The van der Waals surface area contributed by atoms with Gasteiger partial charge in [-0.3, -0.25) is 0 Å². The smallest absolute Gasteiger partial charge is 0.0303 e. The zero-order valence-electron chi connectivity index (χ0n) is 12.8. The van der Waals surface area contributed by atoms with Crippen molar-refractivity contribution in [2.24, 2.45) is 0 Å². The Balaban J connectivity index is 4.09. The molecular weight excluding hydrogens is 216 g/mol. The second-order valence-electron chi connectivity index (χ2n) is 4.94. The van der Waals surface area contributed by atoms with E-state index in [-0.39, 0.29) is 0 Å². The summed E-state index contributed by atoms with van der Waals surface area (Å²) in [5, 5.41) is 0. The third-order valence-electron chi connectivity index (χ3n) is 2.99. The molecule has 0 saturated carbocycles. The van der Waals surface area contributed by atoms with Gasteiger partial charge in [-0.25, -0.2) is 0 Å². The molecule has 0 saturated heterocycles. The SMILES string of the molecule is CCCC=C(C=CCCCC)C=CCCCCC. The third kappa shape index (κ3) is 11.7. The minimum Gasteiger partial charge on any atom is -0.0840 e. The van der Waals surface area contributed by atoms with E-state index in [9.17, 15) is 0 Å². The van der Waals surface area contributed by atoms with Crippen LogP contribution in [-0.2, 0) is 0 Å². The van der Waals surface area contributed by atoms with Crippen molar-refractivity contribution in [3.63, 3.8) is 0 Å². The molecule has 0 aliphatic carbocycles. The Hall–Kier alpha value is -0.780. The van der Waals surface area contributed by atoms with Gasteiger partial charge in [0.15, 0.2) is 0 Å². The van der Waals surface area contributed by atoms with Crippen LogP contribution >= 0.6 is 0 Å². The number of unbranched alkanes of at least 4 members (excludes halogenated alkanes) is 6. The molecule has 0 aromatic rings. The molecule has 0 atom stereocenters. The predicted molar refractivity (Wildman–Crippen MR) is 84.9 cm³/mol. The lowest BCUT2D eigenvalue weighted by Crippen LogP contribution is -1.76. The van der Waals surface area contributed by atoms with E-state index < -0.39 is 0 Å². The Morgan fingerprint density at radius 1 is 0.667 bits per heavy atom. The Morgan fingerprint density at radius 2 is 1.28 bits per heavy atom. The van der Waals surface area contributed by atoms with Crippen molar-refractivity contribution in [2.45, 2.75) is 78.6 Å². The summed E-state index contributed by atoms with van der Waals surface area (Å²) in [6.07, 6.45) is 23.0. The molecular formula is C18H32. The van der Waals surface area contributed by atoms with Crippen molar-refractivity contribution >= 4 is 0 Å². The van der Waals surface area contributed by atoms with Gasteiger partial charge in [0.25, 0.3) is 0 Å². The fourth-order valence-corrected chi connectivity index (χ4v) is 1.78. The van der Waals surface area contributed by atoms with Crippen LogP contribution in [-0.4, -0.2) is 0 Å². The molecule has 0 heteroatoms. The molecule has 0 rings (SSSR count). The molecule has 0 bridgehead atoms. The Bertz CT molecular complexity index is 243. The van der Waals surface area contributed by atoms with Crippen molar-refractivity contribution in [1.82, 2.24) is 0 Å². The standard InChI is InChI=1S/C18H32/c1-4-7-10-12-14-17-18(15-9-6-3)16-13-11-8-5-2/h13-17H,4-12H2,1-3H3. The van der Waals surface area contributed by atoms with Crippen molar-refractivity contribution in [2.75, 3.05) is 0 Å². The quantitative estimate of drug-likeness (QED) is 0.285. The van der Waals surface area contributed by atoms with Crippen LogP contribution in [0, 0.1) is 0 Å². The second-order valence-corrected chi connectivity index (χ2v) is 4.94. The normalized spacial score (nSPS) is 12.9. The molecule has 0 heterocycles. The van der Waals surface area contributed by atoms with Gasteiger partial charge < -0.3 is 0 Å². The lowest BCUT2D eigenvalue weighted by molar-refractivity contribution is 0.729. The zero-order valence-corrected chi connectivity index (χ0v) is 12.8. The summed E-state index contributed by atoms with van der Waals surface area (Å²) in [7, 11) is 0. The largest absolute Gasteiger partial charge is 0.0840 e. The highest BCUT2D eigenvalue weighted by Gasteiger charge is 1.87. The first-order valence-electron chi connectivity index (χ1n) is 7.88. The molecule has 0 amide bonds. The van der Waals surface area contributed by atoms with E-state index in [1.165, 1.54) is 63.4 Å². The van der Waals surface area contributed by atoms with Gasteiger partial charge in [-0.2, -0.15) is 0 Å². The number of allylic oxidation sites excluding steroid dienone is 6. The molecule has 104 valence electrons. The minimum atomic E-state index is 1.19. The molecule has 0 N–H and O–H groups in total. The van der Waals surface area contributed by atoms with E-state index in [2.05, 4.69) is 51.2 Å². The first kappa shape index (κ1) is 17.2. The van der Waals surface area contributed by atoms with E-state index in [1.54, 1.807) is 0 Å². The average Bonchev–Trinajstić information content (AvgIpc) is 2.39. The second kappa shape index (κ2) is 14.3. The molecule has 0 aromatic carbocycles. The van der Waals surface area contributed by atoms with Gasteiger partial charge in [-0.1, -0.05) is 83.3 Å². The van der Waals surface area contributed by atoms with Gasteiger partial charge in [0.2, 0.25) is 0 Å². The van der Waals surface area contributed by atoms with Crippen molar-refractivity contribution in [1.29, 1.82) is 0 Å². The molecule has 0 fully saturated rings. The maximum absolute atomic E-state index is 2.36. The van der Waals surface area contributed by atoms with Crippen LogP contribution in [0.2, 0.25) is 0 Å².